The molecule has 0 aromatic rings. The van der Waals surface area contributed by atoms with Gasteiger partial charge in [-0.2, -0.15) is 4.31 Å². The van der Waals surface area contributed by atoms with Crippen LogP contribution in [0, 0.1) is 0 Å². The predicted molar refractivity (Wildman–Crippen MR) is 82.9 cm³/mol. The van der Waals surface area contributed by atoms with E-state index >= 15 is 0 Å². The van der Waals surface area contributed by atoms with Gasteiger partial charge in [0, 0.05) is 0 Å². The number of ether oxygens (including phenoxy) is 1. The summed E-state index contributed by atoms with van der Waals surface area (Å²) in [6.07, 6.45) is -2.35. The van der Waals surface area contributed by atoms with Crippen LogP contribution < -0.4 is 4.72 Å². The third-order valence-electron chi connectivity index (χ3n) is 3.31. The molecule has 1 aliphatic heterocycles. The number of hydrogen-bond acceptors (Lipinski definition) is 6. The molecule has 8 nitrogen and oxygen atoms in total. The monoisotopic (exact) mass is 358 g/mol. The van der Waals surface area contributed by atoms with E-state index in [1.54, 1.807) is 0 Å². The van der Waals surface area contributed by atoms with Crippen LogP contribution in [0.15, 0.2) is 0 Å². The van der Waals surface area contributed by atoms with Crippen molar-refractivity contribution in [2.75, 3.05) is 13.1 Å². The summed E-state index contributed by atoms with van der Waals surface area (Å²) >= 11 is 0. The molecule has 0 saturated carbocycles. The van der Waals surface area contributed by atoms with Gasteiger partial charge in [0.15, 0.2) is 6.29 Å². The van der Waals surface area contributed by atoms with E-state index in [9.17, 15) is 21.9 Å². The summed E-state index contributed by atoms with van der Waals surface area (Å²) in [6, 6.07) is 0. The highest BCUT2D eigenvalue weighted by Gasteiger charge is 2.45. The van der Waals surface area contributed by atoms with Crippen molar-refractivity contribution in [1.82, 2.24) is 9.03 Å². The molecule has 2 unspecified atom stereocenters. The summed E-state index contributed by atoms with van der Waals surface area (Å²) in [5.41, 5.74) is 0. The van der Waals surface area contributed by atoms with Crippen molar-refractivity contribution in [2.45, 2.75) is 63.6 Å². The van der Waals surface area contributed by atoms with E-state index in [4.69, 9.17) is 4.74 Å². The van der Waals surface area contributed by atoms with Crippen molar-refractivity contribution in [1.29, 1.82) is 0 Å². The average molecular weight is 358 g/mol. The zero-order valence-corrected chi connectivity index (χ0v) is 15.5. The van der Waals surface area contributed by atoms with Crippen LogP contribution in [-0.4, -0.2) is 61.3 Å². The molecule has 1 aliphatic rings. The predicted octanol–water partition coefficient (Wildman–Crippen LogP) is -0.191. The molecule has 0 radical (unpaired) electrons. The number of aliphatic hydroxyl groups is 1. The number of hydrogen-bond donors (Lipinski definition) is 2. The Morgan fingerprint density at radius 1 is 1.09 bits per heavy atom. The van der Waals surface area contributed by atoms with Crippen LogP contribution in [0.5, 0.6) is 0 Å². The van der Waals surface area contributed by atoms with Crippen molar-refractivity contribution in [2.24, 2.45) is 0 Å². The Labute approximate surface area is 132 Å². The molecule has 2 atom stereocenters. The van der Waals surface area contributed by atoms with Crippen LogP contribution in [0.25, 0.3) is 0 Å². The van der Waals surface area contributed by atoms with E-state index in [2.05, 4.69) is 4.72 Å². The fourth-order valence-corrected chi connectivity index (χ4v) is 3.97. The SMILES string of the molecule is CC(C)(C)S(=O)(=O)NCC1OC(O)CN1S(=O)(=O)C(C)(C)C. The second kappa shape index (κ2) is 5.99. The lowest BCUT2D eigenvalue weighted by molar-refractivity contribution is -0.0882. The minimum atomic E-state index is -3.75. The smallest absolute Gasteiger partial charge is 0.221 e. The molecular formula is C12H26N2O6S2. The summed E-state index contributed by atoms with van der Waals surface area (Å²) < 4.78 is 55.4. The molecule has 0 bridgehead atoms. The van der Waals surface area contributed by atoms with E-state index in [0.29, 0.717) is 0 Å². The van der Waals surface area contributed by atoms with Gasteiger partial charge in [-0.15, -0.1) is 0 Å². The number of nitrogens with one attached hydrogen (secondary N) is 1. The van der Waals surface area contributed by atoms with Gasteiger partial charge >= 0.3 is 0 Å². The van der Waals surface area contributed by atoms with E-state index in [1.807, 2.05) is 0 Å². The van der Waals surface area contributed by atoms with Gasteiger partial charge < -0.3 is 9.84 Å². The largest absolute Gasteiger partial charge is 0.367 e. The van der Waals surface area contributed by atoms with Crippen LogP contribution in [0.4, 0.5) is 0 Å². The van der Waals surface area contributed by atoms with Crippen LogP contribution in [0.2, 0.25) is 0 Å². The quantitative estimate of drug-likeness (QED) is 0.720. The molecule has 2 N–H and O–H groups in total. The standard InChI is InChI=1S/C12H26N2O6S2/c1-11(2,3)21(16,17)13-7-9-14(8-10(15)20-9)22(18,19)12(4,5)6/h9-10,13,15H,7-8H2,1-6H3. The Morgan fingerprint density at radius 2 is 1.59 bits per heavy atom. The summed E-state index contributed by atoms with van der Waals surface area (Å²) in [5, 5.41) is 9.58. The molecule has 1 rings (SSSR count). The molecule has 1 fully saturated rings. The summed E-state index contributed by atoms with van der Waals surface area (Å²) in [4.78, 5) is 0. The van der Waals surface area contributed by atoms with Crippen molar-refractivity contribution in [3.63, 3.8) is 0 Å². The fourth-order valence-electron chi connectivity index (χ4n) is 1.72. The van der Waals surface area contributed by atoms with Crippen LogP contribution in [-0.2, 0) is 24.8 Å². The Balaban J connectivity index is 2.95. The highest BCUT2D eigenvalue weighted by atomic mass is 32.2. The van der Waals surface area contributed by atoms with Gasteiger partial charge in [-0.1, -0.05) is 0 Å². The maximum Gasteiger partial charge on any atom is 0.221 e. The van der Waals surface area contributed by atoms with Gasteiger partial charge in [-0.25, -0.2) is 21.6 Å². The Bertz CT molecular complexity index is 601. The zero-order chi connectivity index (χ0) is 17.6. The van der Waals surface area contributed by atoms with E-state index in [1.165, 1.54) is 41.5 Å². The van der Waals surface area contributed by atoms with Crippen molar-refractivity contribution in [3.8, 4) is 0 Å². The lowest BCUT2D eigenvalue weighted by Gasteiger charge is -2.30. The second-order valence-corrected chi connectivity index (χ2v) is 12.4. The highest BCUT2D eigenvalue weighted by Crippen LogP contribution is 2.27. The van der Waals surface area contributed by atoms with Gasteiger partial charge in [0.25, 0.3) is 0 Å². The maximum absolute atomic E-state index is 12.5. The molecule has 0 aliphatic carbocycles. The van der Waals surface area contributed by atoms with E-state index in [-0.39, 0.29) is 13.1 Å². The summed E-state index contributed by atoms with van der Waals surface area (Å²) in [5.74, 6) is 0. The number of nitrogens with zero attached hydrogens (tertiary/aromatic N) is 1. The van der Waals surface area contributed by atoms with Crippen molar-refractivity contribution >= 4 is 20.0 Å². The third kappa shape index (κ3) is 3.98. The van der Waals surface area contributed by atoms with Gasteiger partial charge in [0.05, 0.1) is 22.6 Å². The summed E-state index contributed by atoms with van der Waals surface area (Å²) in [7, 11) is -7.39. The lowest BCUT2D eigenvalue weighted by Crippen LogP contribution is -2.51. The lowest BCUT2D eigenvalue weighted by atomic mass is 10.3. The van der Waals surface area contributed by atoms with Crippen molar-refractivity contribution in [3.05, 3.63) is 0 Å². The zero-order valence-electron chi connectivity index (χ0n) is 13.8. The van der Waals surface area contributed by atoms with Gasteiger partial charge in [0.1, 0.15) is 6.23 Å². The van der Waals surface area contributed by atoms with Crippen LogP contribution in [0.1, 0.15) is 41.5 Å². The molecular weight excluding hydrogens is 332 g/mol. The van der Waals surface area contributed by atoms with Crippen molar-refractivity contribution < 1.29 is 26.7 Å². The van der Waals surface area contributed by atoms with Crippen LogP contribution in [0.3, 0.4) is 0 Å². The third-order valence-corrected chi connectivity index (χ3v) is 8.02. The number of aliphatic hydroxyl groups excluding tert-OH is 1. The molecule has 10 heteroatoms. The fraction of sp³-hybridized carbons (Fsp3) is 1.00. The first-order valence-electron chi connectivity index (χ1n) is 6.94. The number of rotatable bonds is 4. The first-order chi connectivity index (χ1) is 9.59. The maximum atomic E-state index is 12.5. The summed E-state index contributed by atoms with van der Waals surface area (Å²) in [6.45, 7) is 8.71. The first-order valence-corrected chi connectivity index (χ1v) is 9.86. The normalized spacial score (nSPS) is 25.6. The molecule has 1 saturated heterocycles. The van der Waals surface area contributed by atoms with Gasteiger partial charge in [0.2, 0.25) is 20.0 Å². The number of β-amino-alcohol motifs (C(OH)–C–C–N with tert-alkyl or cyclic N) is 1. The molecule has 0 spiro atoms. The Hall–Kier alpha value is -0.260. The Morgan fingerprint density at radius 3 is 2.00 bits per heavy atom. The molecule has 0 amide bonds. The molecule has 1 heterocycles. The van der Waals surface area contributed by atoms with E-state index in [0.717, 1.165) is 4.31 Å². The molecule has 132 valence electrons. The minimum Gasteiger partial charge on any atom is -0.367 e. The van der Waals surface area contributed by atoms with E-state index < -0.39 is 42.1 Å². The number of sulfonamides is 2. The molecule has 0 aromatic carbocycles. The Kier molecular flexibility index (Phi) is 5.38. The average Bonchev–Trinajstić information content (AvgIpc) is 2.65. The molecule has 0 aromatic heterocycles. The minimum absolute atomic E-state index is 0.221. The highest BCUT2D eigenvalue weighted by molar-refractivity contribution is 7.91. The topological polar surface area (TPSA) is 113 Å². The van der Waals surface area contributed by atoms with Gasteiger partial charge in [-0.3, -0.25) is 0 Å². The van der Waals surface area contributed by atoms with Crippen LogP contribution >= 0.6 is 0 Å². The second-order valence-electron chi connectivity index (χ2n) is 7.20. The first kappa shape index (κ1) is 19.8. The van der Waals surface area contributed by atoms with Gasteiger partial charge in [-0.05, 0) is 41.5 Å². The molecule has 22 heavy (non-hydrogen) atoms.